The zero-order valence-electron chi connectivity index (χ0n) is 10.2. The molecule has 0 aliphatic carbocycles. The van der Waals surface area contributed by atoms with Crippen molar-refractivity contribution in [3.05, 3.63) is 0 Å². The number of hydrogen-bond acceptors (Lipinski definition) is 3. The summed E-state index contributed by atoms with van der Waals surface area (Å²) in [5, 5.41) is 2.59. The van der Waals surface area contributed by atoms with Crippen molar-refractivity contribution in [2.24, 2.45) is 5.92 Å². The highest BCUT2D eigenvalue weighted by molar-refractivity contribution is 5.86. The van der Waals surface area contributed by atoms with Crippen molar-refractivity contribution >= 4 is 12.0 Å². The Labute approximate surface area is 96.1 Å². The van der Waals surface area contributed by atoms with Crippen LogP contribution in [-0.4, -0.2) is 43.1 Å². The van der Waals surface area contributed by atoms with Crippen molar-refractivity contribution < 1.29 is 14.3 Å². The summed E-state index contributed by atoms with van der Waals surface area (Å²) in [7, 11) is 1.30. The predicted octanol–water partition coefficient (Wildman–Crippen LogP) is 0.989. The summed E-state index contributed by atoms with van der Waals surface area (Å²) >= 11 is 0. The molecule has 0 aromatic rings. The highest BCUT2D eigenvalue weighted by Crippen LogP contribution is 2.13. The first kappa shape index (κ1) is 12.8. The zero-order chi connectivity index (χ0) is 12.1. The van der Waals surface area contributed by atoms with Crippen molar-refractivity contribution in [1.82, 2.24) is 10.2 Å². The molecule has 1 heterocycles. The second-order valence-electron chi connectivity index (χ2n) is 4.39. The first-order valence-corrected chi connectivity index (χ1v) is 5.69. The van der Waals surface area contributed by atoms with E-state index in [-0.39, 0.29) is 11.8 Å². The molecule has 2 amide bonds. The summed E-state index contributed by atoms with van der Waals surface area (Å²) in [6, 6.07) is -0.481. The van der Waals surface area contributed by atoms with Crippen LogP contribution in [0.3, 0.4) is 0 Å². The van der Waals surface area contributed by atoms with Crippen LogP contribution in [0.4, 0.5) is 4.79 Å². The number of carbonyl (C=O) groups excluding carboxylic acids is 2. The number of hydrogen-bond donors (Lipinski definition) is 1. The molecule has 16 heavy (non-hydrogen) atoms. The van der Waals surface area contributed by atoms with Gasteiger partial charge in [-0.1, -0.05) is 13.8 Å². The van der Waals surface area contributed by atoms with E-state index in [1.54, 1.807) is 4.90 Å². The number of ether oxygens (including phenoxy) is 1. The number of nitrogens with one attached hydrogen (secondary N) is 1. The Morgan fingerprint density at radius 1 is 1.25 bits per heavy atom. The molecule has 1 rings (SSSR count). The molecule has 1 aliphatic heterocycles. The Morgan fingerprint density at radius 3 is 2.25 bits per heavy atom. The van der Waals surface area contributed by atoms with E-state index in [4.69, 9.17) is 0 Å². The topological polar surface area (TPSA) is 58.6 Å². The molecule has 0 saturated carbocycles. The van der Waals surface area contributed by atoms with Crippen LogP contribution < -0.4 is 5.32 Å². The van der Waals surface area contributed by atoms with Gasteiger partial charge in [-0.05, 0) is 18.8 Å². The van der Waals surface area contributed by atoms with Crippen LogP contribution >= 0.6 is 0 Å². The molecule has 0 bridgehead atoms. The SMILES string of the molecule is COC(=O)NC(C(=O)N1CCCC1)C(C)C. The molecule has 1 aliphatic rings. The molecule has 0 aromatic heterocycles. The fourth-order valence-corrected chi connectivity index (χ4v) is 1.83. The van der Waals surface area contributed by atoms with E-state index in [9.17, 15) is 9.59 Å². The van der Waals surface area contributed by atoms with E-state index < -0.39 is 12.1 Å². The molecule has 92 valence electrons. The quantitative estimate of drug-likeness (QED) is 0.783. The van der Waals surface area contributed by atoms with E-state index >= 15 is 0 Å². The fraction of sp³-hybridized carbons (Fsp3) is 0.818. The van der Waals surface area contributed by atoms with E-state index in [0.717, 1.165) is 25.9 Å². The third-order valence-electron chi connectivity index (χ3n) is 2.81. The second kappa shape index (κ2) is 5.72. The van der Waals surface area contributed by atoms with E-state index in [0.29, 0.717) is 0 Å². The van der Waals surface area contributed by atoms with Crippen LogP contribution in [0, 0.1) is 5.92 Å². The third-order valence-corrected chi connectivity index (χ3v) is 2.81. The number of carbonyl (C=O) groups is 2. The molecule has 5 heteroatoms. The maximum atomic E-state index is 12.1. The van der Waals surface area contributed by atoms with Crippen molar-refractivity contribution in [3.8, 4) is 0 Å². The Hall–Kier alpha value is -1.26. The second-order valence-corrected chi connectivity index (χ2v) is 4.39. The maximum Gasteiger partial charge on any atom is 0.407 e. The molecule has 0 spiro atoms. The summed E-state index contributed by atoms with van der Waals surface area (Å²) < 4.78 is 4.52. The van der Waals surface area contributed by atoms with Crippen molar-refractivity contribution in [3.63, 3.8) is 0 Å². The lowest BCUT2D eigenvalue weighted by Gasteiger charge is -2.26. The molecule has 1 atom stereocenters. The average molecular weight is 228 g/mol. The number of likely N-dealkylation sites (tertiary alicyclic amines) is 1. The molecule has 0 aromatic carbocycles. The molecule has 5 nitrogen and oxygen atoms in total. The van der Waals surface area contributed by atoms with E-state index in [1.807, 2.05) is 13.8 Å². The summed E-state index contributed by atoms with van der Waals surface area (Å²) in [5.74, 6) is 0.0603. The van der Waals surface area contributed by atoms with Gasteiger partial charge in [0.25, 0.3) is 0 Å². The zero-order valence-corrected chi connectivity index (χ0v) is 10.2. The van der Waals surface area contributed by atoms with Crippen LogP contribution in [0.25, 0.3) is 0 Å². The van der Waals surface area contributed by atoms with Crippen LogP contribution in [0.1, 0.15) is 26.7 Å². The lowest BCUT2D eigenvalue weighted by molar-refractivity contribution is -0.133. The monoisotopic (exact) mass is 228 g/mol. The van der Waals surface area contributed by atoms with Crippen molar-refractivity contribution in [2.45, 2.75) is 32.7 Å². The van der Waals surface area contributed by atoms with E-state index in [1.165, 1.54) is 7.11 Å². The Bertz CT molecular complexity index is 260. The standard InChI is InChI=1S/C11H20N2O3/c1-8(2)9(12-11(15)16-3)10(14)13-6-4-5-7-13/h8-9H,4-7H2,1-3H3,(H,12,15). The van der Waals surface area contributed by atoms with Gasteiger partial charge in [0.2, 0.25) is 5.91 Å². The highest BCUT2D eigenvalue weighted by atomic mass is 16.5. The van der Waals surface area contributed by atoms with Crippen LogP contribution in [0.2, 0.25) is 0 Å². The third kappa shape index (κ3) is 3.12. The van der Waals surface area contributed by atoms with Gasteiger partial charge in [-0.25, -0.2) is 4.79 Å². The maximum absolute atomic E-state index is 12.1. The minimum Gasteiger partial charge on any atom is -0.453 e. The van der Waals surface area contributed by atoms with Gasteiger partial charge < -0.3 is 15.0 Å². The van der Waals surface area contributed by atoms with Crippen LogP contribution in [-0.2, 0) is 9.53 Å². The number of alkyl carbamates (subject to hydrolysis) is 1. The normalized spacial score (nSPS) is 17.4. The Morgan fingerprint density at radius 2 is 1.81 bits per heavy atom. The molecular formula is C11H20N2O3. The number of methoxy groups -OCH3 is 1. The van der Waals surface area contributed by atoms with Crippen molar-refractivity contribution in [2.75, 3.05) is 20.2 Å². The van der Waals surface area contributed by atoms with Crippen molar-refractivity contribution in [1.29, 1.82) is 0 Å². The molecular weight excluding hydrogens is 208 g/mol. The minimum atomic E-state index is -0.550. The van der Waals surface area contributed by atoms with Gasteiger partial charge in [-0.2, -0.15) is 0 Å². The summed E-state index contributed by atoms with van der Waals surface area (Å²) in [6.45, 7) is 5.42. The number of rotatable bonds is 3. The Kier molecular flexibility index (Phi) is 4.58. The van der Waals surface area contributed by atoms with E-state index in [2.05, 4.69) is 10.1 Å². The molecule has 1 saturated heterocycles. The first-order chi connectivity index (χ1) is 7.56. The van der Waals surface area contributed by atoms with Gasteiger partial charge in [0.1, 0.15) is 6.04 Å². The average Bonchev–Trinajstić information content (AvgIpc) is 2.77. The van der Waals surface area contributed by atoms with Gasteiger partial charge in [-0.15, -0.1) is 0 Å². The molecule has 1 unspecified atom stereocenters. The summed E-state index contributed by atoms with van der Waals surface area (Å²) in [5.41, 5.74) is 0. The minimum absolute atomic E-state index is 0.00194. The van der Waals surface area contributed by atoms with Gasteiger partial charge in [0.15, 0.2) is 0 Å². The molecule has 0 radical (unpaired) electrons. The van der Waals surface area contributed by atoms with Gasteiger partial charge in [0, 0.05) is 13.1 Å². The number of amides is 2. The van der Waals surface area contributed by atoms with Gasteiger partial charge in [-0.3, -0.25) is 4.79 Å². The lowest BCUT2D eigenvalue weighted by atomic mass is 10.0. The molecule has 1 fully saturated rings. The lowest BCUT2D eigenvalue weighted by Crippen LogP contribution is -2.50. The summed E-state index contributed by atoms with van der Waals surface area (Å²) in [4.78, 5) is 25.0. The number of nitrogens with zero attached hydrogens (tertiary/aromatic N) is 1. The van der Waals surface area contributed by atoms with Gasteiger partial charge in [0.05, 0.1) is 7.11 Å². The largest absolute Gasteiger partial charge is 0.453 e. The van der Waals surface area contributed by atoms with Crippen LogP contribution in [0.15, 0.2) is 0 Å². The summed E-state index contributed by atoms with van der Waals surface area (Å²) in [6.07, 6.45) is 1.55. The molecule has 1 N–H and O–H groups in total. The fourth-order valence-electron chi connectivity index (χ4n) is 1.83. The first-order valence-electron chi connectivity index (χ1n) is 5.69. The van der Waals surface area contributed by atoms with Crippen LogP contribution in [0.5, 0.6) is 0 Å². The highest BCUT2D eigenvalue weighted by Gasteiger charge is 2.30. The van der Waals surface area contributed by atoms with Gasteiger partial charge >= 0.3 is 6.09 Å². The Balaban J connectivity index is 2.61. The predicted molar refractivity (Wildman–Crippen MR) is 60.0 cm³/mol. The smallest absolute Gasteiger partial charge is 0.407 e.